The second-order valence-electron chi connectivity index (χ2n) is 10.7. The van der Waals surface area contributed by atoms with Gasteiger partial charge >= 0.3 is 0 Å². The van der Waals surface area contributed by atoms with E-state index in [1.807, 2.05) is 37.1 Å². The summed E-state index contributed by atoms with van der Waals surface area (Å²) in [7, 11) is 3.51. The number of hydrogen-bond acceptors (Lipinski definition) is 5. The zero-order valence-corrected chi connectivity index (χ0v) is 23.2. The van der Waals surface area contributed by atoms with E-state index in [2.05, 4.69) is 19.2 Å². The number of piperidine rings is 1. The van der Waals surface area contributed by atoms with Crippen LogP contribution >= 0.6 is 0 Å². The summed E-state index contributed by atoms with van der Waals surface area (Å²) in [5.41, 5.74) is 5.18. The van der Waals surface area contributed by atoms with Crippen molar-refractivity contribution in [1.82, 2.24) is 9.47 Å². The van der Waals surface area contributed by atoms with Gasteiger partial charge in [-0.1, -0.05) is 25.3 Å². The number of methoxy groups -OCH3 is 1. The number of nitrogens with zero attached hydrogens (tertiary/aromatic N) is 2. The molecule has 2 aliphatic rings. The predicted molar refractivity (Wildman–Crippen MR) is 151 cm³/mol. The minimum atomic E-state index is -0.00480. The highest BCUT2D eigenvalue weighted by Gasteiger charge is 2.27. The van der Waals surface area contributed by atoms with Crippen molar-refractivity contribution in [2.45, 2.75) is 77.9 Å². The number of fused-ring (bicyclic) bond motifs is 1. The molecule has 1 saturated heterocycles. The molecule has 1 aliphatic heterocycles. The number of aromatic nitrogens is 1. The first-order valence-corrected chi connectivity index (χ1v) is 13.8. The smallest absolute Gasteiger partial charge is 0.260 e. The maximum Gasteiger partial charge on any atom is 0.260 e. The van der Waals surface area contributed by atoms with Crippen LogP contribution in [0.3, 0.4) is 0 Å². The van der Waals surface area contributed by atoms with Gasteiger partial charge in [-0.15, -0.1) is 0 Å². The van der Waals surface area contributed by atoms with Gasteiger partial charge in [0.1, 0.15) is 0 Å². The number of anilines is 1. The second-order valence-corrected chi connectivity index (χ2v) is 10.7. The number of nitrogens with one attached hydrogen (secondary N) is 1. The average molecular weight is 510 g/mol. The maximum atomic E-state index is 13.7. The Hall–Kier alpha value is -2.64. The molecular formula is C30H43N3O4. The summed E-state index contributed by atoms with van der Waals surface area (Å²) < 4.78 is 12.7. The highest BCUT2D eigenvalue weighted by atomic mass is 16.5. The van der Waals surface area contributed by atoms with Gasteiger partial charge in [-0.2, -0.15) is 0 Å². The Bertz CT molecular complexity index is 1200. The number of carbonyl (C=O) groups is 1. The van der Waals surface area contributed by atoms with Crippen LogP contribution in [0.4, 0.5) is 5.69 Å². The number of hydrogen-bond donors (Lipinski definition) is 1. The monoisotopic (exact) mass is 509 g/mol. The third kappa shape index (κ3) is 6.10. The lowest BCUT2D eigenvalue weighted by molar-refractivity contribution is -0.0122. The van der Waals surface area contributed by atoms with Crippen molar-refractivity contribution < 1.29 is 14.3 Å². The van der Waals surface area contributed by atoms with Crippen LogP contribution < -0.4 is 10.9 Å². The van der Waals surface area contributed by atoms with Crippen LogP contribution in [-0.4, -0.2) is 60.9 Å². The first kappa shape index (κ1) is 27.4. The van der Waals surface area contributed by atoms with E-state index in [9.17, 15) is 9.59 Å². The number of amides is 1. The number of rotatable bonds is 9. The summed E-state index contributed by atoms with van der Waals surface area (Å²) in [6.45, 7) is 8.67. The average Bonchev–Trinajstić information content (AvgIpc) is 3.42. The topological polar surface area (TPSA) is 72.8 Å². The zero-order chi connectivity index (χ0) is 26.5. The number of carbonyl (C=O) groups excluding carboxylic acids is 1. The Morgan fingerprint density at radius 3 is 2.49 bits per heavy atom. The van der Waals surface area contributed by atoms with E-state index >= 15 is 0 Å². The van der Waals surface area contributed by atoms with E-state index in [-0.39, 0.29) is 17.6 Å². The summed E-state index contributed by atoms with van der Waals surface area (Å²) >= 11 is 0. The molecule has 1 amide bonds. The third-order valence-corrected chi connectivity index (χ3v) is 8.03. The molecule has 1 aromatic heterocycles. The zero-order valence-electron chi connectivity index (χ0n) is 23.2. The molecule has 1 saturated carbocycles. The number of aryl methyl sites for hydroxylation is 2. The lowest BCUT2D eigenvalue weighted by Gasteiger charge is -2.32. The summed E-state index contributed by atoms with van der Waals surface area (Å²) in [4.78, 5) is 29.2. The lowest BCUT2D eigenvalue weighted by Crippen LogP contribution is -2.41. The number of likely N-dealkylation sites (tertiary alicyclic amines) is 1. The SMILES string of the molecule is CC/C(C)=C\c1c(NC2CCCC2)c2cc(C(=O)N3CCC(OCCOC)CC3)c(C)cc2n(C)c1=O. The molecule has 1 N–H and O–H groups in total. The number of benzene rings is 1. The quantitative estimate of drug-likeness (QED) is 0.466. The van der Waals surface area contributed by atoms with Crippen molar-refractivity contribution in [3.05, 3.63) is 44.7 Å². The van der Waals surface area contributed by atoms with Gasteiger partial charge in [0.25, 0.3) is 11.5 Å². The van der Waals surface area contributed by atoms with Crippen LogP contribution in [0.25, 0.3) is 17.0 Å². The fraction of sp³-hybridized carbons (Fsp3) is 0.600. The molecular weight excluding hydrogens is 466 g/mol. The van der Waals surface area contributed by atoms with E-state index in [1.165, 1.54) is 12.8 Å². The maximum absolute atomic E-state index is 13.7. The van der Waals surface area contributed by atoms with Crippen molar-refractivity contribution in [3.63, 3.8) is 0 Å². The van der Waals surface area contributed by atoms with Gasteiger partial charge in [0.2, 0.25) is 0 Å². The Morgan fingerprint density at radius 2 is 1.84 bits per heavy atom. The molecule has 4 rings (SSSR count). The largest absolute Gasteiger partial charge is 0.382 e. The number of pyridine rings is 1. The van der Waals surface area contributed by atoms with E-state index in [0.717, 1.165) is 59.8 Å². The van der Waals surface area contributed by atoms with Crippen LogP contribution in [0.1, 0.15) is 80.3 Å². The fourth-order valence-electron chi connectivity index (χ4n) is 5.55. The summed E-state index contributed by atoms with van der Waals surface area (Å²) in [6.07, 6.45) is 9.34. The molecule has 0 spiro atoms. The van der Waals surface area contributed by atoms with E-state index in [1.54, 1.807) is 11.7 Å². The van der Waals surface area contributed by atoms with Gasteiger partial charge in [0.15, 0.2) is 0 Å². The third-order valence-electron chi connectivity index (χ3n) is 8.03. The molecule has 0 unspecified atom stereocenters. The van der Waals surface area contributed by atoms with Gasteiger partial charge in [-0.05, 0) is 69.7 Å². The van der Waals surface area contributed by atoms with Crippen LogP contribution in [0.15, 0.2) is 22.5 Å². The molecule has 0 radical (unpaired) electrons. The molecule has 202 valence electrons. The van der Waals surface area contributed by atoms with Crippen molar-refractivity contribution in [3.8, 4) is 0 Å². The molecule has 7 heteroatoms. The van der Waals surface area contributed by atoms with E-state index < -0.39 is 0 Å². The predicted octanol–water partition coefficient (Wildman–Crippen LogP) is 5.28. The minimum absolute atomic E-state index is 0.00480. The Balaban J connectivity index is 1.72. The molecule has 1 aromatic carbocycles. The first-order chi connectivity index (χ1) is 17.8. The van der Waals surface area contributed by atoms with Gasteiger partial charge in [0.05, 0.1) is 36.1 Å². The minimum Gasteiger partial charge on any atom is -0.382 e. The molecule has 2 aromatic rings. The first-order valence-electron chi connectivity index (χ1n) is 13.8. The van der Waals surface area contributed by atoms with Crippen molar-refractivity contribution >= 4 is 28.6 Å². The van der Waals surface area contributed by atoms with E-state index in [0.29, 0.717) is 43.5 Å². The van der Waals surface area contributed by atoms with E-state index in [4.69, 9.17) is 9.47 Å². The number of allylic oxidation sites excluding steroid dienone is 1. The van der Waals surface area contributed by atoms with Crippen molar-refractivity contribution in [2.75, 3.05) is 38.7 Å². The summed E-state index contributed by atoms with van der Waals surface area (Å²) in [6, 6.07) is 4.37. The highest BCUT2D eigenvalue weighted by molar-refractivity contribution is 6.04. The standard InChI is InChI=1S/C30H43N3O4/c1-6-20(2)17-26-28(31-22-9-7-8-10-22)25-19-24(21(3)18-27(25)32(4)29(26)34)30(35)33-13-11-23(12-14-33)37-16-15-36-5/h17-19,22-23,31H,6-16H2,1-5H3/b20-17-. The molecule has 0 atom stereocenters. The summed E-state index contributed by atoms with van der Waals surface area (Å²) in [5, 5.41) is 4.68. The Kier molecular flexibility index (Phi) is 9.08. The van der Waals surface area contributed by atoms with Gasteiger partial charge in [-0.25, -0.2) is 0 Å². The second kappa shape index (κ2) is 12.3. The molecule has 7 nitrogen and oxygen atoms in total. The van der Waals surface area contributed by atoms with Gasteiger partial charge in [-0.3, -0.25) is 9.59 Å². The van der Waals surface area contributed by atoms with Crippen LogP contribution in [0.5, 0.6) is 0 Å². The van der Waals surface area contributed by atoms with Crippen molar-refractivity contribution in [2.24, 2.45) is 7.05 Å². The van der Waals surface area contributed by atoms with Crippen molar-refractivity contribution in [1.29, 1.82) is 0 Å². The molecule has 37 heavy (non-hydrogen) atoms. The van der Waals surface area contributed by atoms with Gasteiger partial charge < -0.3 is 24.3 Å². The van der Waals surface area contributed by atoms with Crippen LogP contribution in [0.2, 0.25) is 0 Å². The van der Waals surface area contributed by atoms with Crippen LogP contribution in [-0.2, 0) is 16.5 Å². The summed E-state index contributed by atoms with van der Waals surface area (Å²) in [5.74, 6) is 0.0530. The number of ether oxygens (including phenoxy) is 2. The molecule has 0 bridgehead atoms. The van der Waals surface area contributed by atoms with Crippen LogP contribution in [0, 0.1) is 6.92 Å². The lowest BCUT2D eigenvalue weighted by atomic mass is 9.98. The fourth-order valence-corrected chi connectivity index (χ4v) is 5.55. The molecule has 1 aliphatic carbocycles. The molecule has 2 heterocycles. The Morgan fingerprint density at radius 1 is 1.14 bits per heavy atom. The van der Waals surface area contributed by atoms with Gasteiger partial charge in [0, 0.05) is 44.2 Å². The Labute approximate surface area is 220 Å². The molecule has 2 fully saturated rings. The normalized spacial score (nSPS) is 17.6. The highest BCUT2D eigenvalue weighted by Crippen LogP contribution is 2.33.